The summed E-state index contributed by atoms with van der Waals surface area (Å²) in [5.74, 6) is 13.0. The minimum atomic E-state index is 0.977. The summed E-state index contributed by atoms with van der Waals surface area (Å²) in [6.45, 7) is 0. The lowest BCUT2D eigenvalue weighted by Gasteiger charge is -2.01. The van der Waals surface area contributed by atoms with E-state index >= 15 is 0 Å². The van der Waals surface area contributed by atoms with E-state index in [1.54, 1.807) is 0 Å². The standard InChI is InChI=1S/C34H22/c1-3-7-31(8-4-1)33-23-19-29(20-24-33)17-15-27-11-13-28(14-12-27)16-18-30-21-25-34(26-22-30)32-9-5-2-6-10-32/h1-14,19-26H. The molecule has 0 atom stereocenters. The average molecular weight is 431 g/mol. The Hall–Kier alpha value is -4.78. The highest BCUT2D eigenvalue weighted by Gasteiger charge is 1.97. The van der Waals surface area contributed by atoms with Crippen LogP contribution in [0, 0.1) is 23.7 Å². The van der Waals surface area contributed by atoms with Gasteiger partial charge in [-0.2, -0.15) is 0 Å². The highest BCUT2D eigenvalue weighted by atomic mass is 14.0. The monoisotopic (exact) mass is 430 g/mol. The van der Waals surface area contributed by atoms with Gasteiger partial charge in [-0.1, -0.05) is 109 Å². The third-order valence-electron chi connectivity index (χ3n) is 5.57. The van der Waals surface area contributed by atoms with E-state index in [0.29, 0.717) is 0 Å². The third kappa shape index (κ3) is 5.34. The second-order valence-electron chi connectivity index (χ2n) is 7.96. The van der Waals surface area contributed by atoms with Crippen LogP contribution in [0.25, 0.3) is 22.3 Å². The first-order valence-electron chi connectivity index (χ1n) is 11.3. The molecule has 0 aliphatic heterocycles. The molecule has 0 aliphatic carbocycles. The smallest absolute Gasteiger partial charge is 0.0249 e. The molecule has 0 saturated carbocycles. The van der Waals surface area contributed by atoms with Crippen molar-refractivity contribution in [1.82, 2.24) is 0 Å². The highest BCUT2D eigenvalue weighted by molar-refractivity contribution is 5.65. The van der Waals surface area contributed by atoms with Crippen molar-refractivity contribution >= 4 is 0 Å². The topological polar surface area (TPSA) is 0 Å². The van der Waals surface area contributed by atoms with Crippen LogP contribution in [0.15, 0.2) is 133 Å². The molecule has 5 aromatic carbocycles. The van der Waals surface area contributed by atoms with Crippen LogP contribution in [0.2, 0.25) is 0 Å². The number of hydrogen-bond acceptors (Lipinski definition) is 0. The van der Waals surface area contributed by atoms with E-state index in [2.05, 4.69) is 121 Å². The second kappa shape index (κ2) is 10.2. The molecule has 34 heavy (non-hydrogen) atoms. The Labute approximate surface area is 201 Å². The van der Waals surface area contributed by atoms with Crippen LogP contribution in [0.1, 0.15) is 22.3 Å². The van der Waals surface area contributed by atoms with E-state index in [-0.39, 0.29) is 0 Å². The van der Waals surface area contributed by atoms with Crippen molar-refractivity contribution < 1.29 is 0 Å². The van der Waals surface area contributed by atoms with Gasteiger partial charge in [0.2, 0.25) is 0 Å². The number of hydrogen-bond donors (Lipinski definition) is 0. The van der Waals surface area contributed by atoms with Gasteiger partial charge in [0.1, 0.15) is 0 Å². The molecule has 5 rings (SSSR count). The Morgan fingerprint density at radius 1 is 0.235 bits per heavy atom. The predicted molar refractivity (Wildman–Crippen MR) is 142 cm³/mol. The molecule has 0 bridgehead atoms. The van der Waals surface area contributed by atoms with Crippen LogP contribution in [0.3, 0.4) is 0 Å². The first kappa shape index (κ1) is 21.1. The summed E-state index contributed by atoms with van der Waals surface area (Å²) in [5.41, 5.74) is 8.78. The van der Waals surface area contributed by atoms with Gasteiger partial charge in [-0.05, 0) is 70.8 Å². The zero-order valence-electron chi connectivity index (χ0n) is 18.7. The van der Waals surface area contributed by atoms with Gasteiger partial charge >= 0.3 is 0 Å². The third-order valence-corrected chi connectivity index (χ3v) is 5.57. The molecule has 0 fully saturated rings. The molecular weight excluding hydrogens is 408 g/mol. The summed E-state index contributed by atoms with van der Waals surface area (Å²) < 4.78 is 0. The van der Waals surface area contributed by atoms with Gasteiger partial charge in [0, 0.05) is 22.3 Å². The van der Waals surface area contributed by atoms with Gasteiger partial charge in [-0.15, -0.1) is 0 Å². The van der Waals surface area contributed by atoms with Crippen LogP contribution in [0.5, 0.6) is 0 Å². The van der Waals surface area contributed by atoms with Crippen LogP contribution < -0.4 is 0 Å². The molecule has 0 amide bonds. The molecule has 0 radical (unpaired) electrons. The van der Waals surface area contributed by atoms with Gasteiger partial charge in [-0.25, -0.2) is 0 Å². The van der Waals surface area contributed by atoms with Gasteiger partial charge in [0.05, 0.1) is 0 Å². The minimum absolute atomic E-state index is 0.977. The largest absolute Gasteiger partial charge is 0.0622 e. The van der Waals surface area contributed by atoms with Crippen LogP contribution in [-0.2, 0) is 0 Å². The highest BCUT2D eigenvalue weighted by Crippen LogP contribution is 2.20. The van der Waals surface area contributed by atoms with Crippen molar-refractivity contribution in [2.24, 2.45) is 0 Å². The molecule has 0 N–H and O–H groups in total. The van der Waals surface area contributed by atoms with Gasteiger partial charge in [0.15, 0.2) is 0 Å². The number of rotatable bonds is 2. The van der Waals surface area contributed by atoms with Crippen molar-refractivity contribution in [1.29, 1.82) is 0 Å². The molecule has 158 valence electrons. The molecule has 0 heteroatoms. The molecule has 0 aliphatic rings. The number of benzene rings is 5. The Morgan fingerprint density at radius 2 is 0.471 bits per heavy atom. The Morgan fingerprint density at radius 3 is 0.765 bits per heavy atom. The minimum Gasteiger partial charge on any atom is -0.0622 e. The van der Waals surface area contributed by atoms with Crippen molar-refractivity contribution in [3.63, 3.8) is 0 Å². The SMILES string of the molecule is C(#Cc1ccc(-c2ccccc2)cc1)c1ccc(C#Cc2ccc(-c3ccccc3)cc2)cc1. The van der Waals surface area contributed by atoms with Gasteiger partial charge < -0.3 is 0 Å². The van der Waals surface area contributed by atoms with Crippen LogP contribution in [0.4, 0.5) is 0 Å². The van der Waals surface area contributed by atoms with Crippen molar-refractivity contribution in [2.75, 3.05) is 0 Å². The van der Waals surface area contributed by atoms with Gasteiger partial charge in [0.25, 0.3) is 0 Å². The fraction of sp³-hybridized carbons (Fsp3) is 0. The fourth-order valence-corrected chi connectivity index (χ4v) is 3.68. The first-order valence-corrected chi connectivity index (χ1v) is 11.3. The molecule has 0 aromatic heterocycles. The van der Waals surface area contributed by atoms with Crippen LogP contribution in [-0.4, -0.2) is 0 Å². The van der Waals surface area contributed by atoms with Crippen molar-refractivity contribution in [3.05, 3.63) is 156 Å². The van der Waals surface area contributed by atoms with E-state index in [1.807, 2.05) is 36.4 Å². The summed E-state index contributed by atoms with van der Waals surface area (Å²) in [5, 5.41) is 0. The van der Waals surface area contributed by atoms with Crippen molar-refractivity contribution in [2.45, 2.75) is 0 Å². The summed E-state index contributed by atoms with van der Waals surface area (Å²) >= 11 is 0. The lowest BCUT2D eigenvalue weighted by Crippen LogP contribution is -1.81. The molecular formula is C34H22. The maximum absolute atomic E-state index is 3.25. The lowest BCUT2D eigenvalue weighted by atomic mass is 10.0. The zero-order valence-corrected chi connectivity index (χ0v) is 18.7. The molecule has 0 heterocycles. The maximum atomic E-state index is 3.25. The normalized spacial score (nSPS) is 9.88. The zero-order chi connectivity index (χ0) is 23.0. The summed E-state index contributed by atoms with van der Waals surface area (Å²) in [6, 6.07) is 45.6. The Balaban J connectivity index is 1.24. The predicted octanol–water partition coefficient (Wildman–Crippen LogP) is 7.82. The molecule has 5 aromatic rings. The molecule has 0 spiro atoms. The van der Waals surface area contributed by atoms with E-state index < -0.39 is 0 Å². The Bertz CT molecular complexity index is 1360. The quantitative estimate of drug-likeness (QED) is 0.250. The first-order chi connectivity index (χ1) is 16.8. The van der Waals surface area contributed by atoms with Gasteiger partial charge in [-0.3, -0.25) is 0 Å². The lowest BCUT2D eigenvalue weighted by molar-refractivity contribution is 1.57. The van der Waals surface area contributed by atoms with E-state index in [1.165, 1.54) is 22.3 Å². The maximum Gasteiger partial charge on any atom is 0.0249 e. The molecule has 0 saturated heterocycles. The van der Waals surface area contributed by atoms with E-state index in [0.717, 1.165) is 22.3 Å². The van der Waals surface area contributed by atoms with E-state index in [9.17, 15) is 0 Å². The van der Waals surface area contributed by atoms with E-state index in [4.69, 9.17) is 0 Å². The molecule has 0 nitrogen and oxygen atoms in total. The Kier molecular flexibility index (Phi) is 6.34. The summed E-state index contributed by atoms with van der Waals surface area (Å²) in [4.78, 5) is 0. The van der Waals surface area contributed by atoms with Crippen LogP contribution >= 0.6 is 0 Å². The second-order valence-corrected chi connectivity index (χ2v) is 7.96. The molecule has 0 unspecified atom stereocenters. The summed E-state index contributed by atoms with van der Waals surface area (Å²) in [6.07, 6.45) is 0. The fourth-order valence-electron chi connectivity index (χ4n) is 3.68. The average Bonchev–Trinajstić information content (AvgIpc) is 2.93. The summed E-state index contributed by atoms with van der Waals surface area (Å²) in [7, 11) is 0. The van der Waals surface area contributed by atoms with Crippen molar-refractivity contribution in [3.8, 4) is 45.9 Å².